The van der Waals surface area contributed by atoms with Crippen molar-refractivity contribution in [3.05, 3.63) is 53.6 Å². The standard InChI is InChI=1S/C18H20ClNO3/c1-12(2)22-16-9-7-15(8-10-16)20-18(21)13(3)23-17-6-4-5-14(19)11-17/h4-13H,1-3H3,(H,20,21)/t13-/m1/s1. The van der Waals surface area contributed by atoms with Crippen molar-refractivity contribution in [3.8, 4) is 11.5 Å². The highest BCUT2D eigenvalue weighted by atomic mass is 35.5. The Labute approximate surface area is 141 Å². The average molecular weight is 334 g/mol. The molecule has 1 atom stereocenters. The summed E-state index contributed by atoms with van der Waals surface area (Å²) in [6, 6.07) is 14.2. The number of rotatable bonds is 6. The maximum absolute atomic E-state index is 12.2. The van der Waals surface area contributed by atoms with E-state index < -0.39 is 6.10 Å². The summed E-state index contributed by atoms with van der Waals surface area (Å²) in [6.45, 7) is 5.61. The van der Waals surface area contributed by atoms with Crippen LogP contribution >= 0.6 is 11.6 Å². The van der Waals surface area contributed by atoms with Crippen molar-refractivity contribution in [1.82, 2.24) is 0 Å². The van der Waals surface area contributed by atoms with Crippen LogP contribution in [0.4, 0.5) is 5.69 Å². The van der Waals surface area contributed by atoms with Crippen LogP contribution in [0.5, 0.6) is 11.5 Å². The zero-order chi connectivity index (χ0) is 16.8. The molecule has 0 aliphatic rings. The van der Waals surface area contributed by atoms with Gasteiger partial charge in [-0.1, -0.05) is 17.7 Å². The summed E-state index contributed by atoms with van der Waals surface area (Å²) < 4.78 is 11.1. The number of carbonyl (C=O) groups excluding carboxylic acids is 1. The van der Waals surface area contributed by atoms with E-state index in [0.717, 1.165) is 5.75 Å². The molecule has 0 unspecified atom stereocenters. The van der Waals surface area contributed by atoms with Gasteiger partial charge in [0.1, 0.15) is 11.5 Å². The Morgan fingerprint density at radius 3 is 2.30 bits per heavy atom. The molecule has 0 radical (unpaired) electrons. The van der Waals surface area contributed by atoms with Gasteiger partial charge in [-0.25, -0.2) is 0 Å². The molecule has 2 rings (SSSR count). The fourth-order valence-corrected chi connectivity index (χ4v) is 2.11. The molecule has 0 fully saturated rings. The molecule has 122 valence electrons. The van der Waals surface area contributed by atoms with E-state index in [2.05, 4.69) is 5.32 Å². The van der Waals surface area contributed by atoms with Gasteiger partial charge >= 0.3 is 0 Å². The van der Waals surface area contributed by atoms with Gasteiger partial charge in [-0.05, 0) is 63.2 Å². The first-order valence-corrected chi connectivity index (χ1v) is 7.81. The molecular formula is C18H20ClNO3. The molecule has 0 bridgehead atoms. The van der Waals surface area contributed by atoms with Gasteiger partial charge in [0.2, 0.25) is 0 Å². The summed E-state index contributed by atoms with van der Waals surface area (Å²) in [5.74, 6) is 1.09. The van der Waals surface area contributed by atoms with Gasteiger partial charge < -0.3 is 14.8 Å². The number of ether oxygens (including phenoxy) is 2. The van der Waals surface area contributed by atoms with E-state index in [9.17, 15) is 4.79 Å². The van der Waals surface area contributed by atoms with Crippen LogP contribution in [0.1, 0.15) is 20.8 Å². The molecule has 0 heterocycles. The van der Waals surface area contributed by atoms with E-state index in [-0.39, 0.29) is 12.0 Å². The molecule has 0 saturated carbocycles. The molecule has 0 spiro atoms. The second kappa shape index (κ2) is 7.88. The Balaban J connectivity index is 1.92. The van der Waals surface area contributed by atoms with Gasteiger partial charge in [0.05, 0.1) is 6.10 Å². The van der Waals surface area contributed by atoms with Crippen LogP contribution < -0.4 is 14.8 Å². The average Bonchev–Trinajstić information content (AvgIpc) is 2.48. The number of carbonyl (C=O) groups is 1. The van der Waals surface area contributed by atoms with Crippen LogP contribution in [0.25, 0.3) is 0 Å². The zero-order valence-corrected chi connectivity index (χ0v) is 14.1. The molecule has 2 aromatic rings. The SMILES string of the molecule is CC(C)Oc1ccc(NC(=O)[C@@H](C)Oc2cccc(Cl)c2)cc1. The van der Waals surface area contributed by atoms with E-state index in [1.54, 1.807) is 43.3 Å². The minimum Gasteiger partial charge on any atom is -0.491 e. The lowest BCUT2D eigenvalue weighted by Crippen LogP contribution is -2.30. The molecule has 0 aromatic heterocycles. The smallest absolute Gasteiger partial charge is 0.265 e. The van der Waals surface area contributed by atoms with Crippen molar-refractivity contribution >= 4 is 23.2 Å². The number of amides is 1. The minimum atomic E-state index is -0.639. The molecular weight excluding hydrogens is 314 g/mol. The third kappa shape index (κ3) is 5.49. The molecule has 5 heteroatoms. The van der Waals surface area contributed by atoms with E-state index in [4.69, 9.17) is 21.1 Å². The van der Waals surface area contributed by atoms with Crippen LogP contribution in [0, 0.1) is 0 Å². The van der Waals surface area contributed by atoms with Crippen molar-refractivity contribution in [3.63, 3.8) is 0 Å². The predicted octanol–water partition coefficient (Wildman–Crippen LogP) is 4.53. The Hall–Kier alpha value is -2.20. The van der Waals surface area contributed by atoms with Crippen LogP contribution in [0.15, 0.2) is 48.5 Å². The highest BCUT2D eigenvalue weighted by molar-refractivity contribution is 6.30. The zero-order valence-electron chi connectivity index (χ0n) is 13.4. The summed E-state index contributed by atoms with van der Waals surface area (Å²) in [6.07, 6.45) is -0.526. The molecule has 23 heavy (non-hydrogen) atoms. The lowest BCUT2D eigenvalue weighted by Gasteiger charge is -2.15. The Kier molecular flexibility index (Phi) is 5.88. The number of anilines is 1. The van der Waals surface area contributed by atoms with Crippen LogP contribution in [0.3, 0.4) is 0 Å². The second-order valence-corrected chi connectivity index (χ2v) is 5.83. The Morgan fingerprint density at radius 2 is 1.70 bits per heavy atom. The van der Waals surface area contributed by atoms with E-state index in [0.29, 0.717) is 16.5 Å². The summed E-state index contributed by atoms with van der Waals surface area (Å²) in [5, 5.41) is 3.37. The van der Waals surface area contributed by atoms with Crippen molar-refractivity contribution in [1.29, 1.82) is 0 Å². The first kappa shape index (κ1) is 17.2. The van der Waals surface area contributed by atoms with Crippen LogP contribution in [-0.2, 0) is 4.79 Å². The van der Waals surface area contributed by atoms with Crippen LogP contribution in [-0.4, -0.2) is 18.1 Å². The number of nitrogens with one attached hydrogen (secondary N) is 1. The molecule has 1 amide bonds. The third-order valence-corrected chi connectivity index (χ3v) is 3.21. The maximum Gasteiger partial charge on any atom is 0.265 e. The third-order valence-electron chi connectivity index (χ3n) is 2.97. The number of benzene rings is 2. The molecule has 1 N–H and O–H groups in total. The van der Waals surface area contributed by atoms with Crippen molar-refractivity contribution in [2.45, 2.75) is 33.0 Å². The highest BCUT2D eigenvalue weighted by Crippen LogP contribution is 2.20. The number of halogens is 1. The van der Waals surface area contributed by atoms with E-state index in [1.807, 2.05) is 26.0 Å². The lowest BCUT2D eigenvalue weighted by molar-refractivity contribution is -0.122. The first-order valence-electron chi connectivity index (χ1n) is 7.44. The van der Waals surface area contributed by atoms with Gasteiger partial charge in [0.25, 0.3) is 5.91 Å². The van der Waals surface area contributed by atoms with Gasteiger partial charge in [-0.15, -0.1) is 0 Å². The van der Waals surface area contributed by atoms with Gasteiger partial charge in [0, 0.05) is 10.7 Å². The summed E-state index contributed by atoms with van der Waals surface area (Å²) in [7, 11) is 0. The fraction of sp³-hybridized carbons (Fsp3) is 0.278. The summed E-state index contributed by atoms with van der Waals surface area (Å²) in [5.41, 5.74) is 0.688. The Bertz CT molecular complexity index is 656. The predicted molar refractivity (Wildman–Crippen MR) is 92.4 cm³/mol. The minimum absolute atomic E-state index is 0.113. The topological polar surface area (TPSA) is 47.6 Å². The molecule has 4 nitrogen and oxygen atoms in total. The van der Waals surface area contributed by atoms with Crippen molar-refractivity contribution < 1.29 is 14.3 Å². The molecule has 0 aliphatic heterocycles. The number of hydrogen-bond donors (Lipinski definition) is 1. The van der Waals surface area contributed by atoms with Gasteiger partial charge in [0.15, 0.2) is 6.10 Å². The van der Waals surface area contributed by atoms with Crippen molar-refractivity contribution in [2.75, 3.05) is 5.32 Å². The lowest BCUT2D eigenvalue weighted by atomic mass is 10.2. The van der Waals surface area contributed by atoms with Gasteiger partial charge in [-0.3, -0.25) is 4.79 Å². The number of hydrogen-bond acceptors (Lipinski definition) is 3. The summed E-state index contributed by atoms with van der Waals surface area (Å²) in [4.78, 5) is 12.2. The maximum atomic E-state index is 12.2. The summed E-state index contributed by atoms with van der Waals surface area (Å²) >= 11 is 5.90. The fourth-order valence-electron chi connectivity index (χ4n) is 1.93. The van der Waals surface area contributed by atoms with E-state index in [1.165, 1.54) is 0 Å². The van der Waals surface area contributed by atoms with E-state index >= 15 is 0 Å². The second-order valence-electron chi connectivity index (χ2n) is 5.40. The first-order chi connectivity index (χ1) is 10.9. The normalized spacial score (nSPS) is 11.9. The quantitative estimate of drug-likeness (QED) is 0.844. The molecule has 0 aliphatic carbocycles. The Morgan fingerprint density at radius 1 is 1.00 bits per heavy atom. The van der Waals surface area contributed by atoms with Crippen LogP contribution in [0.2, 0.25) is 5.02 Å². The monoisotopic (exact) mass is 333 g/mol. The highest BCUT2D eigenvalue weighted by Gasteiger charge is 2.15. The van der Waals surface area contributed by atoms with Crippen molar-refractivity contribution in [2.24, 2.45) is 0 Å². The van der Waals surface area contributed by atoms with Gasteiger partial charge in [-0.2, -0.15) is 0 Å². The molecule has 0 saturated heterocycles. The molecule has 2 aromatic carbocycles. The largest absolute Gasteiger partial charge is 0.491 e.